The number of hydrogen-bond acceptors (Lipinski definition) is 6. The summed E-state index contributed by atoms with van der Waals surface area (Å²) in [6.45, 7) is 5.20. The van der Waals surface area contributed by atoms with Gasteiger partial charge < -0.3 is 0 Å². The molecule has 0 saturated carbocycles. The predicted octanol–water partition coefficient (Wildman–Crippen LogP) is 1.88. The van der Waals surface area contributed by atoms with Gasteiger partial charge in [-0.1, -0.05) is 24.3 Å². The zero-order valence-electron chi connectivity index (χ0n) is 16.0. The highest BCUT2D eigenvalue weighted by Gasteiger charge is 2.32. The lowest BCUT2D eigenvalue weighted by molar-refractivity contribution is 0.246. The van der Waals surface area contributed by atoms with E-state index in [0.717, 1.165) is 5.56 Å². The molecule has 2 amide bonds. The Hall–Kier alpha value is -2.76. The zero-order valence-corrected chi connectivity index (χ0v) is 17.6. The van der Waals surface area contributed by atoms with Gasteiger partial charge >= 0.3 is 6.03 Å². The van der Waals surface area contributed by atoms with E-state index >= 15 is 0 Å². The smallest absolute Gasteiger partial charge is 0.286 e. The fourth-order valence-corrected chi connectivity index (χ4v) is 6.07. The molecule has 0 bridgehead atoms. The highest BCUT2D eigenvalue weighted by molar-refractivity contribution is 8.04. The number of urea groups is 1. The molecule has 0 saturated heterocycles. The molecule has 0 spiro atoms. The third-order valence-corrected chi connectivity index (χ3v) is 8.03. The number of anilines is 1. The number of nitrogens with one attached hydrogen (secondary N) is 2. The van der Waals surface area contributed by atoms with Crippen molar-refractivity contribution in [2.75, 3.05) is 11.4 Å². The normalized spacial score (nSPS) is 15.1. The minimum atomic E-state index is -4.53. The Labute approximate surface area is 169 Å². The molecule has 1 heterocycles. The third kappa shape index (κ3) is 4.16. The summed E-state index contributed by atoms with van der Waals surface area (Å²) in [5.74, 6) is 0. The molecule has 3 rings (SSSR count). The van der Waals surface area contributed by atoms with Crippen LogP contribution in [-0.4, -0.2) is 35.1 Å². The Kier molecular flexibility index (Phi) is 5.48. The Morgan fingerprint density at radius 2 is 1.62 bits per heavy atom. The molecule has 29 heavy (non-hydrogen) atoms. The van der Waals surface area contributed by atoms with Gasteiger partial charge in [0, 0.05) is 0 Å². The number of sulfonamides is 2. The van der Waals surface area contributed by atoms with Crippen LogP contribution < -0.4 is 14.5 Å². The number of hydrogen-bond donors (Lipinski definition) is 2. The second-order valence-electron chi connectivity index (χ2n) is 6.61. The molecule has 0 aromatic heterocycles. The number of rotatable bonds is 5. The van der Waals surface area contributed by atoms with Crippen molar-refractivity contribution in [3.63, 3.8) is 0 Å². The molecule has 1 aliphatic rings. The molecular weight excluding hydrogens is 416 g/mol. The Morgan fingerprint density at radius 1 is 0.966 bits per heavy atom. The Morgan fingerprint density at radius 3 is 2.28 bits per heavy atom. The molecule has 9 nitrogen and oxygen atoms in total. The van der Waals surface area contributed by atoms with Crippen molar-refractivity contribution in [3.05, 3.63) is 53.6 Å². The molecule has 2 aromatic carbocycles. The van der Waals surface area contributed by atoms with Crippen LogP contribution in [-0.2, 0) is 20.0 Å². The quantitative estimate of drug-likeness (QED) is 0.740. The lowest BCUT2D eigenvalue weighted by Crippen LogP contribution is -2.46. The van der Waals surface area contributed by atoms with Crippen molar-refractivity contribution < 1.29 is 21.6 Å². The predicted molar refractivity (Wildman–Crippen MR) is 109 cm³/mol. The summed E-state index contributed by atoms with van der Waals surface area (Å²) >= 11 is 0. The van der Waals surface area contributed by atoms with Gasteiger partial charge in [-0.2, -0.15) is 5.10 Å². The van der Waals surface area contributed by atoms with E-state index in [0.29, 0.717) is 11.3 Å². The Balaban J connectivity index is 2.12. The van der Waals surface area contributed by atoms with Crippen LogP contribution in [0.1, 0.15) is 18.1 Å². The van der Waals surface area contributed by atoms with E-state index in [1.54, 1.807) is 37.0 Å². The first-order chi connectivity index (χ1) is 13.5. The monoisotopic (exact) mass is 436 g/mol. The number of aryl methyl sites for hydroxylation is 1. The average Bonchev–Trinajstić information content (AvgIpc) is 2.66. The number of benzene rings is 2. The van der Waals surface area contributed by atoms with Gasteiger partial charge in [-0.3, -0.25) is 4.90 Å². The van der Waals surface area contributed by atoms with E-state index in [1.807, 2.05) is 0 Å². The highest BCUT2D eigenvalue weighted by atomic mass is 32.3. The lowest BCUT2D eigenvalue weighted by atomic mass is 10.1. The van der Waals surface area contributed by atoms with Crippen LogP contribution in [0.25, 0.3) is 0 Å². The van der Waals surface area contributed by atoms with E-state index in [-0.39, 0.29) is 22.0 Å². The maximum absolute atomic E-state index is 13.1. The average molecular weight is 437 g/mol. The number of amides is 2. The molecule has 0 radical (unpaired) electrons. The molecule has 11 heteroatoms. The highest BCUT2D eigenvalue weighted by Crippen LogP contribution is 2.32. The van der Waals surface area contributed by atoms with Crippen molar-refractivity contribution in [3.8, 4) is 0 Å². The van der Waals surface area contributed by atoms with Gasteiger partial charge in [0.25, 0.3) is 20.0 Å². The number of nitrogens with zero attached hydrogens (tertiary/aromatic N) is 2. The summed E-state index contributed by atoms with van der Waals surface area (Å²) in [5.41, 5.74) is 4.28. The summed E-state index contributed by atoms with van der Waals surface area (Å²) in [4.78, 5) is 13.1. The van der Waals surface area contributed by atoms with Gasteiger partial charge in [0.05, 0.1) is 22.8 Å². The van der Waals surface area contributed by atoms with Gasteiger partial charge in [0.15, 0.2) is 0 Å². The SMILES string of the molecule is CC1=NNC(=O)N(c2c(S(=O)(=O)NS(=O)(=O)c3ccccc3)ccc(C)c2C)C1. The first-order valence-electron chi connectivity index (χ1n) is 8.57. The maximum Gasteiger partial charge on any atom is 0.342 e. The lowest BCUT2D eigenvalue weighted by Gasteiger charge is -2.29. The van der Waals surface area contributed by atoms with Crippen molar-refractivity contribution in [1.29, 1.82) is 0 Å². The van der Waals surface area contributed by atoms with Crippen molar-refractivity contribution in [2.45, 2.75) is 30.6 Å². The molecule has 1 aliphatic heterocycles. The largest absolute Gasteiger partial charge is 0.342 e. The fraction of sp³-hybridized carbons (Fsp3) is 0.222. The van der Waals surface area contributed by atoms with E-state index in [2.05, 4.69) is 10.5 Å². The number of carbonyl (C=O) groups is 1. The van der Waals surface area contributed by atoms with Crippen LogP contribution >= 0.6 is 0 Å². The van der Waals surface area contributed by atoms with Crippen molar-refractivity contribution in [1.82, 2.24) is 9.55 Å². The molecule has 0 fully saturated rings. The first-order valence-corrected chi connectivity index (χ1v) is 11.5. The minimum absolute atomic E-state index is 0.0735. The summed E-state index contributed by atoms with van der Waals surface area (Å²) < 4.78 is 53.0. The summed E-state index contributed by atoms with van der Waals surface area (Å²) in [6, 6.07) is 9.42. The van der Waals surface area contributed by atoms with Crippen LogP contribution in [0.15, 0.2) is 57.4 Å². The van der Waals surface area contributed by atoms with Crippen LogP contribution in [0, 0.1) is 13.8 Å². The second-order valence-corrected chi connectivity index (χ2v) is 10.2. The van der Waals surface area contributed by atoms with Crippen LogP contribution in [0.2, 0.25) is 0 Å². The van der Waals surface area contributed by atoms with Crippen LogP contribution in [0.3, 0.4) is 0 Å². The summed E-state index contributed by atoms with van der Waals surface area (Å²) in [6.07, 6.45) is 0. The van der Waals surface area contributed by atoms with Gasteiger partial charge in [-0.15, -0.1) is 4.13 Å². The number of carbonyl (C=O) groups excluding carboxylic acids is 1. The van der Waals surface area contributed by atoms with Crippen LogP contribution in [0.4, 0.5) is 10.5 Å². The zero-order chi connectivity index (χ0) is 21.4. The van der Waals surface area contributed by atoms with Crippen molar-refractivity contribution >= 4 is 37.5 Å². The second kappa shape index (κ2) is 7.58. The van der Waals surface area contributed by atoms with Gasteiger partial charge in [-0.25, -0.2) is 27.1 Å². The maximum atomic E-state index is 13.1. The topological polar surface area (TPSA) is 125 Å². The van der Waals surface area contributed by atoms with Crippen LogP contribution in [0.5, 0.6) is 0 Å². The summed E-state index contributed by atoms with van der Waals surface area (Å²) in [5, 5.41) is 3.84. The summed E-state index contributed by atoms with van der Waals surface area (Å²) in [7, 11) is -8.87. The molecule has 154 valence electrons. The fourth-order valence-electron chi connectivity index (χ4n) is 2.89. The van der Waals surface area contributed by atoms with Gasteiger partial charge in [0.2, 0.25) is 0 Å². The van der Waals surface area contributed by atoms with Crippen molar-refractivity contribution in [2.24, 2.45) is 5.10 Å². The Bertz CT molecular complexity index is 1210. The van der Waals surface area contributed by atoms with E-state index in [9.17, 15) is 21.6 Å². The van der Waals surface area contributed by atoms with E-state index < -0.39 is 26.1 Å². The molecule has 0 unspecified atom stereocenters. The standard InChI is InChI=1S/C18H20N4O5S2/c1-12-9-10-16(17(14(12)3)22-11-13(2)19-20-18(22)23)29(26,27)21-28(24,25)15-7-5-4-6-8-15/h4-10,21H,11H2,1-3H3,(H,20,23). The molecular formula is C18H20N4O5S2. The molecule has 2 aromatic rings. The molecule has 0 aliphatic carbocycles. The number of hydrazone groups is 1. The van der Waals surface area contributed by atoms with Gasteiger partial charge in [0.1, 0.15) is 4.90 Å². The molecule has 0 atom stereocenters. The van der Waals surface area contributed by atoms with Gasteiger partial charge in [-0.05, 0) is 50.1 Å². The van der Waals surface area contributed by atoms with E-state index in [1.165, 1.54) is 35.2 Å². The minimum Gasteiger partial charge on any atom is -0.286 e. The van der Waals surface area contributed by atoms with E-state index in [4.69, 9.17) is 0 Å². The molecule has 2 N–H and O–H groups in total. The third-order valence-electron chi connectivity index (χ3n) is 4.47. The first kappa shape index (κ1) is 21.0.